The van der Waals surface area contributed by atoms with Gasteiger partial charge in [0.2, 0.25) is 0 Å². The van der Waals surface area contributed by atoms with Gasteiger partial charge in [-0.15, -0.1) is 0 Å². The number of nitrogens with zero attached hydrogens (tertiary/aromatic N) is 1. The van der Waals surface area contributed by atoms with Gasteiger partial charge in [-0.1, -0.05) is 0 Å². The van der Waals surface area contributed by atoms with Gasteiger partial charge in [-0.25, -0.2) is 0 Å². The van der Waals surface area contributed by atoms with Gasteiger partial charge in [0.05, 0.1) is 11.0 Å². The molecule has 0 atom stereocenters. The van der Waals surface area contributed by atoms with Crippen molar-refractivity contribution < 1.29 is 59.2 Å². The number of benzene rings is 1. The number of aromatic hydroxyl groups is 2. The number of hydrogen-bond donors (Lipinski definition) is 2. The number of rotatable bonds is 1. The minimum atomic E-state index is -0.755. The van der Waals surface area contributed by atoms with Gasteiger partial charge in [-0.3, -0.25) is 10.1 Å². The zero-order chi connectivity index (χ0) is 9.30. The van der Waals surface area contributed by atoms with E-state index in [1.165, 1.54) is 0 Å². The van der Waals surface area contributed by atoms with Crippen LogP contribution in [0.15, 0.2) is 12.1 Å². The van der Waals surface area contributed by atoms with Crippen LogP contribution in [0, 0.1) is 61.1 Å². The first-order valence-corrected chi connectivity index (χ1v) is 3.19. The van der Waals surface area contributed by atoms with E-state index in [4.69, 9.17) is 10.2 Å². The average Bonchev–Trinajstić information content (AvgIpc) is 1.96. The van der Waals surface area contributed by atoms with Crippen LogP contribution in [0.5, 0.6) is 11.5 Å². The van der Waals surface area contributed by atoms with Gasteiger partial charge < -0.3 is 10.2 Å². The second-order valence-corrected chi connectivity index (χ2v) is 2.38. The van der Waals surface area contributed by atoms with Crippen LogP contribution in [0.25, 0.3) is 0 Å². The molecule has 0 heterocycles. The maximum atomic E-state index is 10.2. The summed E-state index contributed by atoms with van der Waals surface area (Å²) in [4.78, 5) is 9.46. The predicted molar refractivity (Wildman–Crippen MR) is 41.2 cm³/mol. The molecule has 1 radical (unpaired) electrons. The summed E-state index contributed by atoms with van der Waals surface area (Å²) >= 11 is 0. The fourth-order valence-electron chi connectivity index (χ4n) is 0.816. The summed E-state index contributed by atoms with van der Waals surface area (Å²) in [6, 6.07) is 2.07. The Bertz CT molecular complexity index is 340. The van der Waals surface area contributed by atoms with E-state index in [2.05, 4.69) is 0 Å². The van der Waals surface area contributed by atoms with Gasteiger partial charge in [0.15, 0.2) is 5.75 Å². The second-order valence-electron chi connectivity index (χ2n) is 2.38. The zero-order valence-electron chi connectivity index (χ0n) is 6.89. The molecule has 0 amide bonds. The Kier molecular flexibility index (Phi) is 4.65. The van der Waals surface area contributed by atoms with Crippen molar-refractivity contribution in [1.82, 2.24) is 0 Å². The van der Waals surface area contributed by atoms with E-state index in [0.717, 1.165) is 12.1 Å². The van der Waals surface area contributed by atoms with Gasteiger partial charge in [-0.2, -0.15) is 0 Å². The van der Waals surface area contributed by atoms with Crippen LogP contribution in [0.1, 0.15) is 5.56 Å². The van der Waals surface area contributed by atoms with E-state index in [-0.39, 0.29) is 49.8 Å². The molecular weight excluding hydrogens is 389 g/mol. The largest absolute Gasteiger partial charge is 0.507 e. The van der Waals surface area contributed by atoms with E-state index < -0.39 is 16.4 Å². The average molecular weight is 396 g/mol. The Morgan fingerprint density at radius 3 is 2.31 bits per heavy atom. The molecule has 0 fully saturated rings. The fraction of sp³-hybridized carbons (Fsp3) is 0.143. The fourth-order valence-corrected chi connectivity index (χ4v) is 0.816. The first-order chi connectivity index (χ1) is 5.52. The van der Waals surface area contributed by atoms with Gasteiger partial charge in [0, 0.05) is 44.1 Å². The van der Waals surface area contributed by atoms with Crippen molar-refractivity contribution in [3.8, 4) is 11.5 Å². The van der Waals surface area contributed by atoms with Crippen molar-refractivity contribution in [2.45, 2.75) is 6.92 Å². The molecule has 0 spiro atoms. The van der Waals surface area contributed by atoms with Crippen molar-refractivity contribution in [2.24, 2.45) is 0 Å². The van der Waals surface area contributed by atoms with Crippen molar-refractivity contribution in [3.63, 3.8) is 0 Å². The molecule has 0 unspecified atom stereocenters. The summed E-state index contributed by atoms with van der Waals surface area (Å²) in [7, 11) is 0. The molecule has 1 rings (SSSR count). The number of phenolic OH excluding ortho intramolecular Hbond substituents is 2. The molecule has 6 heteroatoms. The van der Waals surface area contributed by atoms with Crippen LogP contribution in [-0.2, 0) is 0 Å². The molecular formula is C7H7AcNO4. The SMILES string of the molecule is Cc1cc(O)c([N+](=O)[O-])cc1O.[Ac]. The molecule has 1 aromatic rings. The van der Waals surface area contributed by atoms with Crippen molar-refractivity contribution >= 4 is 5.69 Å². The maximum absolute atomic E-state index is 10.2. The predicted octanol–water partition coefficient (Wildman–Crippen LogP) is 1.31. The van der Waals surface area contributed by atoms with Gasteiger partial charge in [0.1, 0.15) is 5.75 Å². The summed E-state index contributed by atoms with van der Waals surface area (Å²) in [5, 5.41) is 28.3. The van der Waals surface area contributed by atoms with Crippen molar-refractivity contribution in [2.75, 3.05) is 0 Å². The van der Waals surface area contributed by atoms with Crippen molar-refractivity contribution in [3.05, 3.63) is 27.8 Å². The van der Waals surface area contributed by atoms with E-state index in [0.29, 0.717) is 5.56 Å². The molecule has 5 nitrogen and oxygen atoms in total. The third kappa shape index (κ3) is 2.82. The summed E-state index contributed by atoms with van der Waals surface area (Å²) < 4.78 is 0. The van der Waals surface area contributed by atoms with E-state index in [1.54, 1.807) is 6.92 Å². The van der Waals surface area contributed by atoms with Crippen LogP contribution >= 0.6 is 0 Å². The van der Waals surface area contributed by atoms with Crippen LogP contribution in [-0.4, -0.2) is 15.1 Å². The summed E-state index contributed by atoms with van der Waals surface area (Å²) in [5.41, 5.74) is -0.0869. The normalized spacial score (nSPS) is 9.00. The summed E-state index contributed by atoms with van der Waals surface area (Å²) in [6.45, 7) is 1.54. The van der Waals surface area contributed by atoms with Gasteiger partial charge in [0.25, 0.3) is 0 Å². The molecule has 0 saturated carbocycles. The number of phenols is 2. The molecule has 0 aliphatic rings. The molecule has 0 aromatic heterocycles. The maximum Gasteiger partial charge on any atom is 0.314 e. The van der Waals surface area contributed by atoms with Gasteiger partial charge >= 0.3 is 5.69 Å². The Hall–Kier alpha value is -0.338. The molecule has 67 valence electrons. The first kappa shape index (κ1) is 12.7. The zero-order valence-corrected chi connectivity index (χ0v) is 11.6. The number of nitro benzene ring substituents is 1. The Morgan fingerprint density at radius 1 is 1.31 bits per heavy atom. The molecule has 0 aliphatic carbocycles. The van der Waals surface area contributed by atoms with Crippen LogP contribution in [0.4, 0.5) is 5.69 Å². The quantitative estimate of drug-likeness (QED) is 0.426. The smallest absolute Gasteiger partial charge is 0.314 e. The van der Waals surface area contributed by atoms with Crippen LogP contribution < -0.4 is 0 Å². The molecule has 0 saturated heterocycles. The van der Waals surface area contributed by atoms with Crippen LogP contribution in [0.3, 0.4) is 0 Å². The second kappa shape index (κ2) is 4.77. The third-order valence-corrected chi connectivity index (χ3v) is 1.49. The molecule has 1 aromatic carbocycles. The van der Waals surface area contributed by atoms with E-state index in [1.807, 2.05) is 0 Å². The number of hydrogen-bond acceptors (Lipinski definition) is 4. The number of aryl methyl sites for hydroxylation is 1. The third-order valence-electron chi connectivity index (χ3n) is 1.49. The van der Waals surface area contributed by atoms with Crippen molar-refractivity contribution in [1.29, 1.82) is 0 Å². The minimum Gasteiger partial charge on any atom is -0.507 e. The Labute approximate surface area is 110 Å². The summed E-state index contributed by atoms with van der Waals surface area (Å²) in [5.74, 6) is -0.630. The summed E-state index contributed by atoms with van der Waals surface area (Å²) in [6.07, 6.45) is 0. The first-order valence-electron chi connectivity index (χ1n) is 3.19. The van der Waals surface area contributed by atoms with E-state index >= 15 is 0 Å². The van der Waals surface area contributed by atoms with Crippen LogP contribution in [0.2, 0.25) is 0 Å². The standard InChI is InChI=1S/C7H7NO4.Ac/c1-4-2-7(10)5(8(11)12)3-6(4)9;/h2-3,9-10H,1H3;. The topological polar surface area (TPSA) is 83.6 Å². The number of nitro groups is 1. The Balaban J connectivity index is 0.00000144. The molecule has 2 N–H and O–H groups in total. The monoisotopic (exact) mass is 396 g/mol. The molecule has 13 heavy (non-hydrogen) atoms. The Morgan fingerprint density at radius 2 is 1.85 bits per heavy atom. The molecule has 0 bridgehead atoms. The van der Waals surface area contributed by atoms with Gasteiger partial charge in [-0.05, 0) is 18.6 Å². The minimum absolute atomic E-state index is 0. The molecule has 0 aliphatic heterocycles. The van der Waals surface area contributed by atoms with E-state index in [9.17, 15) is 10.1 Å².